The standard InChI is InChI=1S/C15H19N3O2/c16-12-10-18-13-7-4-3-6-11(13)15(12)17-9-5-1-2-8-14(19)20/h3-4,6-7,10H,1-2,5,8-9,16H2,(H,17,18)(H,19,20). The Hall–Kier alpha value is -2.30. The quantitative estimate of drug-likeness (QED) is 0.675. The number of aromatic nitrogens is 1. The summed E-state index contributed by atoms with van der Waals surface area (Å²) in [5, 5.41) is 12.9. The SMILES string of the molecule is Nc1cnc2ccccc2c1NCCCCCC(=O)O. The van der Waals surface area contributed by atoms with Crippen LogP contribution >= 0.6 is 0 Å². The number of nitrogens with one attached hydrogen (secondary N) is 1. The van der Waals surface area contributed by atoms with E-state index in [1.807, 2.05) is 24.3 Å². The molecule has 1 aromatic heterocycles. The van der Waals surface area contributed by atoms with Crippen molar-refractivity contribution in [1.29, 1.82) is 0 Å². The summed E-state index contributed by atoms with van der Waals surface area (Å²) in [7, 11) is 0. The highest BCUT2D eigenvalue weighted by molar-refractivity contribution is 5.96. The van der Waals surface area contributed by atoms with Gasteiger partial charge in [0.05, 0.1) is 23.1 Å². The van der Waals surface area contributed by atoms with E-state index < -0.39 is 5.97 Å². The van der Waals surface area contributed by atoms with Gasteiger partial charge < -0.3 is 16.2 Å². The molecule has 0 amide bonds. The van der Waals surface area contributed by atoms with Crippen LogP contribution in [0.2, 0.25) is 0 Å². The maximum Gasteiger partial charge on any atom is 0.303 e. The van der Waals surface area contributed by atoms with Crippen LogP contribution in [0.25, 0.3) is 10.9 Å². The minimum atomic E-state index is -0.734. The van der Waals surface area contributed by atoms with Crippen LogP contribution < -0.4 is 11.1 Å². The number of carbonyl (C=O) groups is 1. The van der Waals surface area contributed by atoms with Crippen molar-refractivity contribution in [2.45, 2.75) is 25.7 Å². The largest absolute Gasteiger partial charge is 0.481 e. The number of unbranched alkanes of at least 4 members (excludes halogenated alkanes) is 2. The Morgan fingerprint density at radius 2 is 2.05 bits per heavy atom. The monoisotopic (exact) mass is 273 g/mol. The van der Waals surface area contributed by atoms with Crippen LogP contribution in [0.3, 0.4) is 0 Å². The first-order valence-electron chi connectivity index (χ1n) is 6.77. The first-order valence-corrected chi connectivity index (χ1v) is 6.77. The molecule has 5 heteroatoms. The van der Waals surface area contributed by atoms with Gasteiger partial charge in [0, 0.05) is 18.4 Å². The van der Waals surface area contributed by atoms with E-state index in [-0.39, 0.29) is 6.42 Å². The van der Waals surface area contributed by atoms with E-state index in [9.17, 15) is 4.79 Å². The summed E-state index contributed by atoms with van der Waals surface area (Å²) in [6, 6.07) is 7.85. The summed E-state index contributed by atoms with van der Waals surface area (Å²) < 4.78 is 0. The Labute approximate surface area is 117 Å². The lowest BCUT2D eigenvalue weighted by atomic mass is 10.1. The normalized spacial score (nSPS) is 10.6. The molecule has 0 spiro atoms. The third-order valence-corrected chi connectivity index (χ3v) is 3.17. The van der Waals surface area contributed by atoms with E-state index in [0.717, 1.165) is 36.0 Å². The van der Waals surface area contributed by atoms with Crippen molar-refractivity contribution in [1.82, 2.24) is 4.98 Å². The van der Waals surface area contributed by atoms with E-state index in [1.165, 1.54) is 0 Å². The second-order valence-electron chi connectivity index (χ2n) is 4.74. The molecule has 1 heterocycles. The van der Waals surface area contributed by atoms with Crippen LogP contribution in [-0.4, -0.2) is 22.6 Å². The molecule has 106 valence electrons. The predicted molar refractivity (Wildman–Crippen MR) is 80.7 cm³/mol. The summed E-state index contributed by atoms with van der Waals surface area (Å²) in [5.74, 6) is -0.734. The number of nitrogens with two attached hydrogens (primary N) is 1. The van der Waals surface area contributed by atoms with Gasteiger partial charge in [-0.1, -0.05) is 24.6 Å². The molecule has 2 rings (SSSR count). The van der Waals surface area contributed by atoms with E-state index in [0.29, 0.717) is 12.1 Å². The lowest BCUT2D eigenvalue weighted by Crippen LogP contribution is -2.06. The van der Waals surface area contributed by atoms with Gasteiger partial charge in [-0.2, -0.15) is 0 Å². The number of aliphatic carboxylic acids is 1. The molecule has 0 aliphatic heterocycles. The minimum absolute atomic E-state index is 0.236. The van der Waals surface area contributed by atoms with Crippen LogP contribution in [-0.2, 0) is 4.79 Å². The lowest BCUT2D eigenvalue weighted by Gasteiger charge is -2.11. The predicted octanol–water partition coefficient (Wildman–Crippen LogP) is 2.87. The summed E-state index contributed by atoms with van der Waals surface area (Å²) in [4.78, 5) is 14.7. The first kappa shape index (κ1) is 14.1. The third-order valence-electron chi connectivity index (χ3n) is 3.17. The van der Waals surface area contributed by atoms with Gasteiger partial charge >= 0.3 is 5.97 Å². The van der Waals surface area contributed by atoms with Gasteiger partial charge in [0.2, 0.25) is 0 Å². The van der Waals surface area contributed by atoms with Crippen molar-refractivity contribution in [3.05, 3.63) is 30.5 Å². The molecule has 0 saturated heterocycles. The molecule has 20 heavy (non-hydrogen) atoms. The number of benzene rings is 1. The maximum atomic E-state index is 10.4. The summed E-state index contributed by atoms with van der Waals surface area (Å²) in [5.41, 5.74) is 8.42. The second kappa shape index (κ2) is 6.75. The van der Waals surface area contributed by atoms with Gasteiger partial charge in [-0.3, -0.25) is 9.78 Å². The average molecular weight is 273 g/mol. The zero-order chi connectivity index (χ0) is 14.4. The Kier molecular flexibility index (Phi) is 4.76. The highest BCUT2D eigenvalue weighted by Crippen LogP contribution is 2.27. The number of pyridine rings is 1. The molecule has 5 nitrogen and oxygen atoms in total. The molecule has 2 aromatic rings. The Morgan fingerprint density at radius 1 is 1.25 bits per heavy atom. The van der Waals surface area contributed by atoms with E-state index in [2.05, 4.69) is 10.3 Å². The summed E-state index contributed by atoms with van der Waals surface area (Å²) >= 11 is 0. The number of carboxylic acids is 1. The highest BCUT2D eigenvalue weighted by atomic mass is 16.4. The van der Waals surface area contributed by atoms with E-state index in [4.69, 9.17) is 10.8 Å². The van der Waals surface area contributed by atoms with Gasteiger partial charge in [-0.25, -0.2) is 0 Å². The number of carboxylic acid groups (broad SMARTS) is 1. The molecule has 0 bridgehead atoms. The van der Waals surface area contributed by atoms with Gasteiger partial charge in [-0.05, 0) is 18.9 Å². The fraction of sp³-hybridized carbons (Fsp3) is 0.333. The van der Waals surface area contributed by atoms with Crippen molar-refractivity contribution < 1.29 is 9.90 Å². The number of anilines is 2. The molecular formula is C15H19N3O2. The number of para-hydroxylation sites is 1. The minimum Gasteiger partial charge on any atom is -0.481 e. The molecule has 0 saturated carbocycles. The molecule has 0 atom stereocenters. The fourth-order valence-corrected chi connectivity index (χ4v) is 2.15. The number of hydrogen-bond donors (Lipinski definition) is 3. The second-order valence-corrected chi connectivity index (χ2v) is 4.74. The number of rotatable bonds is 7. The molecule has 0 aliphatic carbocycles. The smallest absolute Gasteiger partial charge is 0.303 e. The highest BCUT2D eigenvalue weighted by Gasteiger charge is 2.05. The maximum absolute atomic E-state index is 10.4. The Balaban J connectivity index is 1.92. The lowest BCUT2D eigenvalue weighted by molar-refractivity contribution is -0.137. The summed E-state index contributed by atoms with van der Waals surface area (Å²) in [6.07, 6.45) is 4.42. The number of nitrogen functional groups attached to an aromatic ring is 1. The van der Waals surface area contributed by atoms with Gasteiger partial charge in [0.15, 0.2) is 0 Å². The topological polar surface area (TPSA) is 88.2 Å². The van der Waals surface area contributed by atoms with Crippen LogP contribution in [0.4, 0.5) is 11.4 Å². The molecule has 0 fully saturated rings. The van der Waals surface area contributed by atoms with Crippen molar-refractivity contribution in [3.8, 4) is 0 Å². The van der Waals surface area contributed by atoms with E-state index >= 15 is 0 Å². The Bertz CT molecular complexity index is 599. The molecule has 0 radical (unpaired) electrons. The van der Waals surface area contributed by atoms with Gasteiger partial charge in [-0.15, -0.1) is 0 Å². The third kappa shape index (κ3) is 3.60. The van der Waals surface area contributed by atoms with Gasteiger partial charge in [0.25, 0.3) is 0 Å². The van der Waals surface area contributed by atoms with Crippen molar-refractivity contribution in [2.75, 3.05) is 17.6 Å². The molecule has 4 N–H and O–H groups in total. The number of hydrogen-bond acceptors (Lipinski definition) is 4. The van der Waals surface area contributed by atoms with Crippen molar-refractivity contribution in [3.63, 3.8) is 0 Å². The van der Waals surface area contributed by atoms with Crippen LogP contribution in [0.5, 0.6) is 0 Å². The van der Waals surface area contributed by atoms with Crippen LogP contribution in [0.1, 0.15) is 25.7 Å². The van der Waals surface area contributed by atoms with Crippen LogP contribution in [0.15, 0.2) is 30.5 Å². The average Bonchev–Trinajstić information content (AvgIpc) is 2.44. The Morgan fingerprint density at radius 3 is 2.85 bits per heavy atom. The van der Waals surface area contributed by atoms with Crippen LogP contribution in [0, 0.1) is 0 Å². The zero-order valence-electron chi connectivity index (χ0n) is 11.3. The fourth-order valence-electron chi connectivity index (χ4n) is 2.15. The van der Waals surface area contributed by atoms with Crippen molar-refractivity contribution >= 4 is 28.2 Å². The molecule has 0 aliphatic rings. The molecular weight excluding hydrogens is 254 g/mol. The molecule has 0 unspecified atom stereocenters. The zero-order valence-corrected chi connectivity index (χ0v) is 11.3. The van der Waals surface area contributed by atoms with Gasteiger partial charge in [0.1, 0.15) is 0 Å². The first-order chi connectivity index (χ1) is 9.68. The summed E-state index contributed by atoms with van der Waals surface area (Å²) in [6.45, 7) is 0.776. The van der Waals surface area contributed by atoms with Crippen molar-refractivity contribution in [2.24, 2.45) is 0 Å². The van der Waals surface area contributed by atoms with E-state index in [1.54, 1.807) is 6.20 Å². The number of nitrogens with zero attached hydrogens (tertiary/aromatic N) is 1. The number of fused-ring (bicyclic) bond motifs is 1. The molecule has 1 aromatic carbocycles.